The first-order valence-corrected chi connectivity index (χ1v) is 9.30. The van der Waals surface area contributed by atoms with E-state index in [0.717, 1.165) is 27.4 Å². The number of aryl methyl sites for hydroxylation is 2. The summed E-state index contributed by atoms with van der Waals surface area (Å²) >= 11 is 6.80. The molecule has 1 atom stereocenters. The SMILES string of the molecule is O=C(CCc1ccc(Br)cc1)CC(O)CCc1ccc(Br)cc1. The number of ketones is 1. The predicted molar refractivity (Wildman–Crippen MR) is 101 cm³/mol. The minimum atomic E-state index is -0.559. The highest BCUT2D eigenvalue weighted by molar-refractivity contribution is 9.10. The van der Waals surface area contributed by atoms with Crippen molar-refractivity contribution in [3.63, 3.8) is 0 Å². The van der Waals surface area contributed by atoms with Gasteiger partial charge in [0.1, 0.15) is 5.78 Å². The average Bonchev–Trinajstić information content (AvgIpc) is 2.54. The van der Waals surface area contributed by atoms with Gasteiger partial charge in [-0.2, -0.15) is 0 Å². The van der Waals surface area contributed by atoms with Crippen LogP contribution in [0.1, 0.15) is 30.4 Å². The van der Waals surface area contributed by atoms with Gasteiger partial charge in [0.2, 0.25) is 0 Å². The lowest BCUT2D eigenvalue weighted by Crippen LogP contribution is -2.14. The summed E-state index contributed by atoms with van der Waals surface area (Å²) in [4.78, 5) is 12.0. The molecule has 1 N–H and O–H groups in total. The van der Waals surface area contributed by atoms with Gasteiger partial charge in [-0.1, -0.05) is 56.1 Å². The zero-order valence-corrected chi connectivity index (χ0v) is 16.0. The summed E-state index contributed by atoms with van der Waals surface area (Å²) in [6, 6.07) is 16.0. The van der Waals surface area contributed by atoms with Gasteiger partial charge in [-0.15, -0.1) is 0 Å². The molecule has 0 heterocycles. The molecule has 0 aliphatic heterocycles. The summed E-state index contributed by atoms with van der Waals surface area (Å²) in [7, 11) is 0. The van der Waals surface area contributed by atoms with Crippen LogP contribution < -0.4 is 0 Å². The van der Waals surface area contributed by atoms with E-state index in [2.05, 4.69) is 31.9 Å². The third-order valence-electron chi connectivity index (χ3n) is 3.75. The van der Waals surface area contributed by atoms with Crippen molar-refractivity contribution in [2.24, 2.45) is 0 Å². The number of benzene rings is 2. The molecule has 0 aromatic heterocycles. The van der Waals surface area contributed by atoms with Crippen molar-refractivity contribution < 1.29 is 9.90 Å². The maximum atomic E-state index is 12.0. The van der Waals surface area contributed by atoms with Gasteiger partial charge >= 0.3 is 0 Å². The van der Waals surface area contributed by atoms with E-state index in [1.165, 1.54) is 5.56 Å². The largest absolute Gasteiger partial charge is 0.393 e. The van der Waals surface area contributed by atoms with Crippen molar-refractivity contribution in [3.8, 4) is 0 Å². The Morgan fingerprint density at radius 2 is 1.35 bits per heavy atom. The van der Waals surface area contributed by atoms with E-state index in [4.69, 9.17) is 0 Å². The van der Waals surface area contributed by atoms with Gasteiger partial charge in [0.05, 0.1) is 6.10 Å². The lowest BCUT2D eigenvalue weighted by Gasteiger charge is -2.10. The van der Waals surface area contributed by atoms with Crippen molar-refractivity contribution in [2.75, 3.05) is 0 Å². The standard InChI is InChI=1S/C19H20Br2O2/c20-16-7-1-14(2-8-16)5-11-18(22)13-19(23)12-6-15-3-9-17(21)10-4-15/h1-4,7-10,18,22H,5-6,11-13H2. The fourth-order valence-corrected chi connectivity index (χ4v) is 2.91. The van der Waals surface area contributed by atoms with Crippen LogP contribution in [0.15, 0.2) is 57.5 Å². The highest BCUT2D eigenvalue weighted by atomic mass is 79.9. The summed E-state index contributed by atoms with van der Waals surface area (Å²) < 4.78 is 2.08. The monoisotopic (exact) mass is 438 g/mol. The predicted octanol–water partition coefficient (Wildman–Crippen LogP) is 5.10. The van der Waals surface area contributed by atoms with E-state index >= 15 is 0 Å². The third-order valence-corrected chi connectivity index (χ3v) is 4.81. The first kappa shape index (κ1) is 18.4. The molecule has 0 fully saturated rings. The number of rotatable bonds is 8. The number of aliphatic hydroxyl groups excluding tert-OH is 1. The average molecular weight is 440 g/mol. The van der Waals surface area contributed by atoms with E-state index in [-0.39, 0.29) is 12.2 Å². The molecular weight excluding hydrogens is 420 g/mol. The molecule has 0 radical (unpaired) electrons. The first-order valence-electron chi connectivity index (χ1n) is 7.71. The van der Waals surface area contributed by atoms with Crippen molar-refractivity contribution in [3.05, 3.63) is 68.6 Å². The number of hydrogen-bond donors (Lipinski definition) is 1. The molecular formula is C19H20Br2O2. The van der Waals surface area contributed by atoms with Gasteiger partial charge in [0.25, 0.3) is 0 Å². The second kappa shape index (κ2) is 9.36. The van der Waals surface area contributed by atoms with E-state index < -0.39 is 6.10 Å². The normalized spacial score (nSPS) is 12.1. The molecule has 23 heavy (non-hydrogen) atoms. The fraction of sp³-hybridized carbons (Fsp3) is 0.316. The van der Waals surface area contributed by atoms with Crippen molar-refractivity contribution in [1.29, 1.82) is 0 Å². The molecule has 0 saturated carbocycles. The second-order valence-corrected chi connectivity index (χ2v) is 7.52. The van der Waals surface area contributed by atoms with Crippen LogP contribution in [0.25, 0.3) is 0 Å². The topological polar surface area (TPSA) is 37.3 Å². The smallest absolute Gasteiger partial charge is 0.135 e. The van der Waals surface area contributed by atoms with Crippen LogP contribution in [-0.2, 0) is 17.6 Å². The molecule has 2 nitrogen and oxygen atoms in total. The molecule has 2 aromatic carbocycles. The van der Waals surface area contributed by atoms with Crippen LogP contribution in [0.5, 0.6) is 0 Å². The van der Waals surface area contributed by atoms with Crippen molar-refractivity contribution in [1.82, 2.24) is 0 Å². The van der Waals surface area contributed by atoms with Crippen molar-refractivity contribution in [2.45, 2.75) is 38.2 Å². The number of Topliss-reactive ketones (excluding diaryl/α,β-unsaturated/α-hetero) is 1. The van der Waals surface area contributed by atoms with E-state index in [9.17, 15) is 9.90 Å². The molecule has 0 bridgehead atoms. The Labute approximate surface area is 154 Å². The van der Waals surface area contributed by atoms with Gasteiger partial charge in [-0.25, -0.2) is 0 Å². The zero-order valence-electron chi connectivity index (χ0n) is 12.8. The molecule has 2 aromatic rings. The molecule has 1 unspecified atom stereocenters. The van der Waals surface area contributed by atoms with Crippen LogP contribution in [0.4, 0.5) is 0 Å². The van der Waals surface area contributed by atoms with E-state index in [0.29, 0.717) is 12.8 Å². The minimum Gasteiger partial charge on any atom is -0.393 e. The lowest BCUT2D eigenvalue weighted by atomic mass is 10.0. The molecule has 2 rings (SSSR count). The third kappa shape index (κ3) is 6.98. The quantitative estimate of drug-likeness (QED) is 0.621. The molecule has 0 aliphatic carbocycles. The van der Waals surface area contributed by atoms with E-state index in [1.807, 2.05) is 48.5 Å². The van der Waals surface area contributed by atoms with Crippen molar-refractivity contribution >= 4 is 37.6 Å². The minimum absolute atomic E-state index is 0.122. The molecule has 0 saturated heterocycles. The number of hydrogen-bond acceptors (Lipinski definition) is 2. The Hall–Kier alpha value is -0.970. The van der Waals surface area contributed by atoms with Crippen LogP contribution >= 0.6 is 31.9 Å². The molecule has 0 amide bonds. The first-order chi connectivity index (χ1) is 11.0. The van der Waals surface area contributed by atoms with Gasteiger partial charge < -0.3 is 5.11 Å². The Morgan fingerprint density at radius 1 is 0.870 bits per heavy atom. The van der Waals surface area contributed by atoms with E-state index in [1.54, 1.807) is 0 Å². The Bertz CT molecular complexity index is 621. The summed E-state index contributed by atoms with van der Waals surface area (Å²) in [5.41, 5.74) is 2.32. The summed E-state index contributed by atoms with van der Waals surface area (Å²) in [6.07, 6.45) is 2.30. The summed E-state index contributed by atoms with van der Waals surface area (Å²) in [5.74, 6) is 0.122. The maximum absolute atomic E-state index is 12.0. The number of halogens is 2. The maximum Gasteiger partial charge on any atom is 0.135 e. The lowest BCUT2D eigenvalue weighted by molar-refractivity contribution is -0.120. The van der Waals surface area contributed by atoms with Gasteiger partial charge in [-0.3, -0.25) is 4.79 Å². The fourth-order valence-electron chi connectivity index (χ4n) is 2.39. The van der Waals surface area contributed by atoms with Gasteiger partial charge in [-0.05, 0) is 54.7 Å². The Kier molecular flexibility index (Phi) is 7.47. The van der Waals surface area contributed by atoms with Crippen LogP contribution in [0, 0.1) is 0 Å². The van der Waals surface area contributed by atoms with Gasteiger partial charge in [0, 0.05) is 21.8 Å². The highest BCUT2D eigenvalue weighted by Gasteiger charge is 2.11. The van der Waals surface area contributed by atoms with Crippen LogP contribution in [0.2, 0.25) is 0 Å². The number of aliphatic hydroxyl groups is 1. The van der Waals surface area contributed by atoms with Crippen LogP contribution in [-0.4, -0.2) is 17.0 Å². The zero-order chi connectivity index (χ0) is 16.7. The molecule has 4 heteroatoms. The molecule has 0 spiro atoms. The summed E-state index contributed by atoms with van der Waals surface area (Å²) in [5, 5.41) is 10.0. The number of carbonyl (C=O) groups is 1. The van der Waals surface area contributed by atoms with Crippen LogP contribution in [0.3, 0.4) is 0 Å². The summed E-state index contributed by atoms with van der Waals surface area (Å²) in [6.45, 7) is 0. The highest BCUT2D eigenvalue weighted by Crippen LogP contribution is 2.15. The van der Waals surface area contributed by atoms with Gasteiger partial charge in [0.15, 0.2) is 0 Å². The Morgan fingerprint density at radius 3 is 1.87 bits per heavy atom. The number of carbonyl (C=O) groups excluding carboxylic acids is 1. The second-order valence-electron chi connectivity index (χ2n) is 5.69. The Balaban J connectivity index is 1.69. The molecule has 0 aliphatic rings. The molecule has 122 valence electrons.